The van der Waals surface area contributed by atoms with Gasteiger partial charge >= 0.3 is 0 Å². The summed E-state index contributed by atoms with van der Waals surface area (Å²) in [5.74, 6) is 0.113. The molecule has 3 heterocycles. The highest BCUT2D eigenvalue weighted by molar-refractivity contribution is 7.89. The Balaban J connectivity index is 1.69. The largest absolute Gasteiger partial charge is 0.312 e. The second-order valence-corrected chi connectivity index (χ2v) is 8.60. The molecule has 1 aromatic carbocycles. The van der Waals surface area contributed by atoms with Crippen LogP contribution in [0.5, 0.6) is 0 Å². The fourth-order valence-corrected chi connectivity index (χ4v) is 5.26. The van der Waals surface area contributed by atoms with Crippen LogP contribution in [0.1, 0.15) is 42.4 Å². The Morgan fingerprint density at radius 3 is 2.81 bits per heavy atom. The van der Waals surface area contributed by atoms with Crippen LogP contribution in [0.4, 0.5) is 4.39 Å². The first-order valence-corrected chi connectivity index (χ1v) is 10.3. The molecule has 0 bridgehead atoms. The van der Waals surface area contributed by atoms with Gasteiger partial charge in [-0.1, -0.05) is 6.42 Å². The minimum absolute atomic E-state index is 0.105. The van der Waals surface area contributed by atoms with Gasteiger partial charge < -0.3 is 5.32 Å². The summed E-state index contributed by atoms with van der Waals surface area (Å²) >= 11 is 0. The lowest BCUT2D eigenvalue weighted by molar-refractivity contribution is 0.246. The summed E-state index contributed by atoms with van der Waals surface area (Å²) in [4.78, 5) is 9.27. The third-order valence-electron chi connectivity index (χ3n) is 5.00. The van der Waals surface area contributed by atoms with Gasteiger partial charge in [0.25, 0.3) is 0 Å². The highest BCUT2D eigenvalue weighted by Gasteiger charge is 2.36. The summed E-state index contributed by atoms with van der Waals surface area (Å²) in [6.07, 6.45) is 5.05. The first kappa shape index (κ1) is 17.5. The van der Waals surface area contributed by atoms with Crippen LogP contribution < -0.4 is 5.32 Å². The Bertz CT molecular complexity index is 902. The average molecular weight is 376 g/mol. The summed E-state index contributed by atoms with van der Waals surface area (Å²) in [5, 5.41) is 3.28. The third-order valence-corrected chi connectivity index (χ3v) is 6.92. The molecular weight excluding hydrogens is 355 g/mol. The first-order valence-electron chi connectivity index (χ1n) is 8.88. The minimum Gasteiger partial charge on any atom is -0.312 e. The van der Waals surface area contributed by atoms with Crippen molar-refractivity contribution in [1.82, 2.24) is 19.6 Å². The SMILES string of the molecule is O=S(=O)(c1ccc(F)cc1)N1CCCCC1c1ncc2c(n1)CCNC2. The van der Waals surface area contributed by atoms with Crippen LogP contribution >= 0.6 is 0 Å². The Hall–Kier alpha value is -1.90. The zero-order valence-electron chi connectivity index (χ0n) is 14.4. The van der Waals surface area contributed by atoms with Crippen molar-refractivity contribution >= 4 is 10.0 Å². The van der Waals surface area contributed by atoms with E-state index in [-0.39, 0.29) is 10.9 Å². The normalized spacial score (nSPS) is 21.3. The fourth-order valence-electron chi connectivity index (χ4n) is 3.60. The van der Waals surface area contributed by atoms with E-state index in [2.05, 4.69) is 10.3 Å². The van der Waals surface area contributed by atoms with Gasteiger partial charge in [0.1, 0.15) is 11.6 Å². The summed E-state index contributed by atoms with van der Waals surface area (Å²) in [6, 6.07) is 4.60. The predicted octanol–water partition coefficient (Wildman–Crippen LogP) is 2.18. The van der Waals surface area contributed by atoms with Crippen LogP contribution in [0, 0.1) is 5.82 Å². The van der Waals surface area contributed by atoms with E-state index in [4.69, 9.17) is 4.98 Å². The molecule has 0 spiro atoms. The third kappa shape index (κ3) is 3.24. The standard InChI is InChI=1S/C18H21FN4O2S/c19-14-4-6-15(7-5-14)26(24,25)23-10-2-1-3-17(23)18-21-12-13-11-20-9-8-16(13)22-18/h4-7,12,17,20H,1-3,8-11H2. The van der Waals surface area contributed by atoms with Crippen molar-refractivity contribution in [2.75, 3.05) is 13.1 Å². The summed E-state index contributed by atoms with van der Waals surface area (Å²) in [5.41, 5.74) is 2.07. The molecular formula is C18H21FN4O2S. The molecule has 1 unspecified atom stereocenters. The van der Waals surface area contributed by atoms with E-state index < -0.39 is 15.8 Å². The second-order valence-electron chi connectivity index (χ2n) is 6.71. The monoisotopic (exact) mass is 376 g/mol. The fraction of sp³-hybridized carbons (Fsp3) is 0.444. The lowest BCUT2D eigenvalue weighted by Crippen LogP contribution is -2.39. The van der Waals surface area contributed by atoms with Gasteiger partial charge in [-0.05, 0) is 37.1 Å². The molecule has 0 radical (unpaired) electrons. The molecule has 0 saturated carbocycles. The maximum atomic E-state index is 13.2. The number of halogens is 1. The van der Waals surface area contributed by atoms with Crippen LogP contribution in [0.3, 0.4) is 0 Å². The second kappa shape index (κ2) is 7.02. The quantitative estimate of drug-likeness (QED) is 0.889. The van der Waals surface area contributed by atoms with Crippen LogP contribution in [0.15, 0.2) is 35.4 Å². The van der Waals surface area contributed by atoms with Crippen molar-refractivity contribution in [1.29, 1.82) is 0 Å². The summed E-state index contributed by atoms with van der Waals surface area (Å²) in [6.45, 7) is 2.04. The summed E-state index contributed by atoms with van der Waals surface area (Å²) in [7, 11) is -3.72. The van der Waals surface area contributed by atoms with E-state index in [9.17, 15) is 12.8 Å². The molecule has 1 fully saturated rings. The number of nitrogens with one attached hydrogen (secondary N) is 1. The molecule has 4 rings (SSSR count). The average Bonchev–Trinajstić information content (AvgIpc) is 2.68. The number of rotatable bonds is 3. The maximum Gasteiger partial charge on any atom is 0.243 e. The van der Waals surface area contributed by atoms with E-state index >= 15 is 0 Å². The maximum absolute atomic E-state index is 13.2. The van der Waals surface area contributed by atoms with Crippen molar-refractivity contribution in [2.45, 2.75) is 43.2 Å². The van der Waals surface area contributed by atoms with Gasteiger partial charge in [0.05, 0.1) is 10.9 Å². The molecule has 1 N–H and O–H groups in total. The van der Waals surface area contributed by atoms with E-state index in [1.807, 2.05) is 0 Å². The van der Waals surface area contributed by atoms with Crippen LogP contribution in [-0.4, -0.2) is 35.8 Å². The van der Waals surface area contributed by atoms with E-state index in [0.717, 1.165) is 43.6 Å². The Morgan fingerprint density at radius 2 is 2.00 bits per heavy atom. The molecule has 0 amide bonds. The molecule has 26 heavy (non-hydrogen) atoms. The number of fused-ring (bicyclic) bond motifs is 1. The Morgan fingerprint density at radius 1 is 1.19 bits per heavy atom. The van der Waals surface area contributed by atoms with Gasteiger partial charge in [-0.25, -0.2) is 22.8 Å². The van der Waals surface area contributed by atoms with E-state index in [0.29, 0.717) is 18.8 Å². The topological polar surface area (TPSA) is 75.2 Å². The zero-order chi connectivity index (χ0) is 18.1. The molecule has 1 saturated heterocycles. The number of hydrogen-bond donors (Lipinski definition) is 1. The van der Waals surface area contributed by atoms with Crippen molar-refractivity contribution in [3.8, 4) is 0 Å². The van der Waals surface area contributed by atoms with Gasteiger partial charge in [0.15, 0.2) is 0 Å². The van der Waals surface area contributed by atoms with E-state index in [1.54, 1.807) is 6.20 Å². The smallest absolute Gasteiger partial charge is 0.243 e. The molecule has 1 aromatic heterocycles. The zero-order valence-corrected chi connectivity index (χ0v) is 15.2. The molecule has 2 aromatic rings. The molecule has 2 aliphatic heterocycles. The highest BCUT2D eigenvalue weighted by atomic mass is 32.2. The number of hydrogen-bond acceptors (Lipinski definition) is 5. The molecule has 138 valence electrons. The molecule has 8 heteroatoms. The van der Waals surface area contributed by atoms with Crippen LogP contribution in [-0.2, 0) is 23.0 Å². The number of nitrogens with zero attached hydrogens (tertiary/aromatic N) is 3. The summed E-state index contributed by atoms with van der Waals surface area (Å²) < 4.78 is 40.9. The van der Waals surface area contributed by atoms with Gasteiger partial charge in [-0.2, -0.15) is 4.31 Å². The Labute approximate surface area is 152 Å². The van der Waals surface area contributed by atoms with Crippen molar-refractivity contribution in [3.63, 3.8) is 0 Å². The number of benzene rings is 1. The van der Waals surface area contributed by atoms with Crippen molar-refractivity contribution < 1.29 is 12.8 Å². The first-order chi connectivity index (χ1) is 12.6. The molecule has 1 atom stereocenters. The van der Waals surface area contributed by atoms with Crippen molar-refractivity contribution in [3.05, 3.63) is 53.4 Å². The Kier molecular flexibility index (Phi) is 4.73. The number of aromatic nitrogens is 2. The van der Waals surface area contributed by atoms with Crippen LogP contribution in [0.25, 0.3) is 0 Å². The van der Waals surface area contributed by atoms with Gasteiger partial charge in [-0.3, -0.25) is 0 Å². The lowest BCUT2D eigenvalue weighted by Gasteiger charge is -2.34. The molecule has 2 aliphatic rings. The molecule has 0 aliphatic carbocycles. The van der Waals surface area contributed by atoms with Gasteiger partial charge in [0.2, 0.25) is 10.0 Å². The van der Waals surface area contributed by atoms with Crippen molar-refractivity contribution in [2.24, 2.45) is 0 Å². The number of piperidine rings is 1. The van der Waals surface area contributed by atoms with Gasteiger partial charge in [0, 0.05) is 43.5 Å². The van der Waals surface area contributed by atoms with Crippen LogP contribution in [0.2, 0.25) is 0 Å². The minimum atomic E-state index is -3.72. The lowest BCUT2D eigenvalue weighted by atomic mass is 10.0. The van der Waals surface area contributed by atoms with E-state index in [1.165, 1.54) is 28.6 Å². The van der Waals surface area contributed by atoms with Gasteiger partial charge in [-0.15, -0.1) is 0 Å². The molecule has 6 nitrogen and oxygen atoms in total. The number of sulfonamides is 1. The predicted molar refractivity (Wildman–Crippen MR) is 94.3 cm³/mol. The highest BCUT2D eigenvalue weighted by Crippen LogP contribution is 2.34.